The molecule has 0 aliphatic heterocycles. The van der Waals surface area contributed by atoms with Crippen molar-refractivity contribution in [1.82, 2.24) is 0 Å². The monoisotopic (exact) mass is 422 g/mol. The van der Waals surface area contributed by atoms with Crippen molar-refractivity contribution in [2.24, 2.45) is 0 Å². The summed E-state index contributed by atoms with van der Waals surface area (Å²) < 4.78 is 8.34. The van der Waals surface area contributed by atoms with Crippen LogP contribution < -0.4 is 0 Å². The van der Waals surface area contributed by atoms with Gasteiger partial charge >= 0.3 is 25.6 Å². The Morgan fingerprint density at radius 1 is 1.20 bits per heavy atom. The van der Waals surface area contributed by atoms with E-state index < -0.39 is 0 Å². The first-order valence-corrected chi connectivity index (χ1v) is 1.37. The van der Waals surface area contributed by atoms with Crippen LogP contribution in [0.1, 0.15) is 0 Å². The first-order valence-electron chi connectivity index (χ1n) is 0.204. The summed E-state index contributed by atoms with van der Waals surface area (Å²) >= 11 is 0.300. The SMILES string of the molecule is [Ag].[In].[O]=[Sn].[Zn]. The summed E-state index contributed by atoms with van der Waals surface area (Å²) in [5, 5.41) is 0. The van der Waals surface area contributed by atoms with Crippen molar-refractivity contribution in [3.05, 3.63) is 0 Å². The summed E-state index contributed by atoms with van der Waals surface area (Å²) in [5.74, 6) is 0. The number of rotatable bonds is 0. The summed E-state index contributed by atoms with van der Waals surface area (Å²) in [7, 11) is 0. The summed E-state index contributed by atoms with van der Waals surface area (Å²) in [6, 6.07) is 0. The van der Waals surface area contributed by atoms with Gasteiger partial charge in [-0.2, -0.15) is 0 Å². The molecular formula is AgInOSnZn. The van der Waals surface area contributed by atoms with Crippen LogP contribution in [-0.4, -0.2) is 48.4 Å². The minimum Gasteiger partial charge on any atom is 0 e. The van der Waals surface area contributed by atoms with Gasteiger partial charge in [-0.3, -0.25) is 0 Å². The standard InChI is InChI=1S/Ag.In.O.Sn.Zn. The van der Waals surface area contributed by atoms with Crippen LogP contribution in [0.4, 0.5) is 0 Å². The average Bonchev–Trinajstić information content (AvgIpc) is 1.00. The molecule has 0 bridgehead atoms. The molecule has 0 aromatic carbocycles. The van der Waals surface area contributed by atoms with Gasteiger partial charge in [0, 0.05) is 67.7 Å². The van der Waals surface area contributed by atoms with Crippen molar-refractivity contribution in [2.75, 3.05) is 0 Å². The second-order valence-corrected chi connectivity index (χ2v) is 0. The average molecular weight is 423 g/mol. The molecule has 5 heteroatoms. The minimum absolute atomic E-state index is 0. The largest absolute Gasteiger partial charge is 0 e. The van der Waals surface area contributed by atoms with Gasteiger partial charge in [-0.15, -0.1) is 0 Å². The number of hydrogen-bond donors (Lipinski definition) is 0. The molecule has 26 valence electrons. The Morgan fingerprint density at radius 3 is 1.20 bits per heavy atom. The second kappa shape index (κ2) is 29.0. The molecule has 0 spiro atoms. The van der Waals surface area contributed by atoms with Gasteiger partial charge in [-0.05, 0) is 0 Å². The normalized spacial score (nSPS) is 0.800. The van der Waals surface area contributed by atoms with Crippen LogP contribution in [0.15, 0.2) is 0 Å². The first kappa shape index (κ1) is 24.9. The van der Waals surface area contributed by atoms with Gasteiger partial charge in [0.15, 0.2) is 0 Å². The molecule has 0 saturated heterocycles. The summed E-state index contributed by atoms with van der Waals surface area (Å²) in [4.78, 5) is 0. The van der Waals surface area contributed by atoms with Gasteiger partial charge in [-0.1, -0.05) is 0 Å². The zero-order valence-corrected chi connectivity index (χ0v) is 13.1. The molecule has 0 fully saturated rings. The Bertz CT molecular complexity index is 11.6. The second-order valence-electron chi connectivity index (χ2n) is 0. The summed E-state index contributed by atoms with van der Waals surface area (Å²) in [5.41, 5.74) is 0. The predicted octanol–water partition coefficient (Wildman–Crippen LogP) is -0.885. The maximum Gasteiger partial charge on any atom is 0 e. The van der Waals surface area contributed by atoms with Gasteiger partial charge in [0.05, 0.1) is 0 Å². The maximum absolute atomic E-state index is 8.34. The van der Waals surface area contributed by atoms with Crippen molar-refractivity contribution in [1.29, 1.82) is 0 Å². The summed E-state index contributed by atoms with van der Waals surface area (Å²) in [6.45, 7) is 0. The molecule has 0 aromatic rings. The maximum atomic E-state index is 8.34. The molecule has 0 heterocycles. The van der Waals surface area contributed by atoms with E-state index in [0.29, 0.717) is 22.5 Å². The van der Waals surface area contributed by atoms with E-state index >= 15 is 0 Å². The molecule has 6 radical (unpaired) electrons. The third-order valence-electron chi connectivity index (χ3n) is 0. The Balaban J connectivity index is -0.00000000167. The predicted molar refractivity (Wildman–Crippen MR) is 12.2 cm³/mol. The molecule has 0 aromatic heterocycles. The quantitative estimate of drug-likeness (QED) is 0.463. The van der Waals surface area contributed by atoms with E-state index in [2.05, 4.69) is 0 Å². The van der Waals surface area contributed by atoms with Gasteiger partial charge in [-0.25, -0.2) is 0 Å². The van der Waals surface area contributed by atoms with Crippen molar-refractivity contribution >= 4 is 48.4 Å². The molecule has 0 aliphatic carbocycles. The molecule has 0 aliphatic rings. The van der Waals surface area contributed by atoms with Crippen LogP contribution in [0.3, 0.4) is 0 Å². The van der Waals surface area contributed by atoms with Crippen LogP contribution in [0.5, 0.6) is 0 Å². The van der Waals surface area contributed by atoms with Gasteiger partial charge in [0.1, 0.15) is 0 Å². The molecule has 1 nitrogen and oxygen atoms in total. The molecule has 0 atom stereocenters. The molecule has 0 unspecified atom stereocenters. The zero-order chi connectivity index (χ0) is 2.00. The zero-order valence-electron chi connectivity index (χ0n) is 2.49. The molecule has 0 N–H and O–H groups in total. The fourth-order valence-electron chi connectivity index (χ4n) is 0. The Kier molecular flexibility index (Phi) is 144. The molecule has 0 rings (SSSR count). The molecule has 5 heavy (non-hydrogen) atoms. The summed E-state index contributed by atoms with van der Waals surface area (Å²) in [6.07, 6.45) is 0. The van der Waals surface area contributed by atoms with E-state index in [-0.39, 0.29) is 67.7 Å². The first-order chi connectivity index (χ1) is 1.00. The van der Waals surface area contributed by atoms with Crippen LogP contribution in [0.25, 0.3) is 0 Å². The van der Waals surface area contributed by atoms with Crippen LogP contribution in [0, 0.1) is 0 Å². The number of hydrogen-bond acceptors (Lipinski definition) is 1. The van der Waals surface area contributed by atoms with Gasteiger partial charge in [0.25, 0.3) is 0 Å². The van der Waals surface area contributed by atoms with Crippen molar-refractivity contribution < 1.29 is 44.9 Å². The Morgan fingerprint density at radius 2 is 1.20 bits per heavy atom. The third kappa shape index (κ3) is 19.9. The molecule has 0 saturated carbocycles. The smallest absolute Gasteiger partial charge is 0 e. The Labute approximate surface area is 91.6 Å². The van der Waals surface area contributed by atoms with E-state index in [0.717, 1.165) is 0 Å². The minimum atomic E-state index is 0. The molecular weight excluding hydrogens is 423 g/mol. The topological polar surface area (TPSA) is 17.1 Å². The fraction of sp³-hybridized carbons (Fsp3) is 0. The van der Waals surface area contributed by atoms with Gasteiger partial charge in [0.2, 0.25) is 0 Å². The van der Waals surface area contributed by atoms with Crippen LogP contribution in [0.2, 0.25) is 0 Å². The van der Waals surface area contributed by atoms with E-state index in [4.69, 9.17) is 3.08 Å². The Hall–Kier alpha value is 2.83. The van der Waals surface area contributed by atoms with Crippen molar-refractivity contribution in [3.8, 4) is 0 Å². The third-order valence-corrected chi connectivity index (χ3v) is 0. The van der Waals surface area contributed by atoms with Gasteiger partial charge < -0.3 is 0 Å². The van der Waals surface area contributed by atoms with E-state index in [1.807, 2.05) is 0 Å². The van der Waals surface area contributed by atoms with E-state index in [1.165, 1.54) is 0 Å². The fourth-order valence-corrected chi connectivity index (χ4v) is 0. The van der Waals surface area contributed by atoms with E-state index in [1.54, 1.807) is 0 Å². The van der Waals surface area contributed by atoms with Crippen molar-refractivity contribution in [2.45, 2.75) is 0 Å². The van der Waals surface area contributed by atoms with E-state index in [9.17, 15) is 0 Å². The molecule has 0 amide bonds. The van der Waals surface area contributed by atoms with Crippen molar-refractivity contribution in [3.63, 3.8) is 0 Å². The van der Waals surface area contributed by atoms with Crippen LogP contribution in [-0.2, 0) is 44.9 Å². The van der Waals surface area contributed by atoms with Crippen LogP contribution >= 0.6 is 0 Å².